The summed E-state index contributed by atoms with van der Waals surface area (Å²) in [6, 6.07) is 15.7. The van der Waals surface area contributed by atoms with Crippen molar-refractivity contribution in [2.24, 2.45) is 0 Å². The summed E-state index contributed by atoms with van der Waals surface area (Å²) in [7, 11) is 2.00. The van der Waals surface area contributed by atoms with Crippen LogP contribution in [0.4, 0.5) is 5.69 Å². The van der Waals surface area contributed by atoms with Crippen molar-refractivity contribution in [3.8, 4) is 5.75 Å². The third-order valence-electron chi connectivity index (χ3n) is 3.48. The fraction of sp³-hybridized carbons (Fsp3) is 0.294. The Morgan fingerprint density at radius 2 is 1.80 bits per heavy atom. The summed E-state index contributed by atoms with van der Waals surface area (Å²) in [6.07, 6.45) is 0.301. The second-order valence-electron chi connectivity index (χ2n) is 5.08. The lowest BCUT2D eigenvalue weighted by Crippen LogP contribution is -2.20. The van der Waals surface area contributed by atoms with Crippen molar-refractivity contribution in [1.82, 2.24) is 0 Å². The van der Waals surface area contributed by atoms with E-state index in [4.69, 9.17) is 0 Å². The lowest BCUT2D eigenvalue weighted by Gasteiger charge is -2.20. The van der Waals surface area contributed by atoms with Crippen LogP contribution in [0.25, 0.3) is 0 Å². The molecular weight excluding hydrogens is 250 g/mol. The number of hydrogen-bond donors (Lipinski definition) is 2. The van der Waals surface area contributed by atoms with E-state index in [9.17, 15) is 10.2 Å². The molecule has 0 amide bonds. The highest BCUT2D eigenvalue weighted by Gasteiger charge is 2.09. The fourth-order valence-electron chi connectivity index (χ4n) is 2.19. The molecule has 0 radical (unpaired) electrons. The molecule has 0 aliphatic rings. The maximum Gasteiger partial charge on any atom is 0.123 e. The maximum absolute atomic E-state index is 9.91. The molecule has 20 heavy (non-hydrogen) atoms. The molecule has 2 rings (SSSR count). The van der Waals surface area contributed by atoms with Gasteiger partial charge in [0.2, 0.25) is 0 Å². The summed E-state index contributed by atoms with van der Waals surface area (Å²) in [5, 5.41) is 19.4. The van der Waals surface area contributed by atoms with Gasteiger partial charge in [-0.25, -0.2) is 0 Å². The van der Waals surface area contributed by atoms with Crippen molar-refractivity contribution < 1.29 is 10.2 Å². The molecule has 3 nitrogen and oxygen atoms in total. The number of aliphatic hydroxyl groups is 1. The van der Waals surface area contributed by atoms with E-state index in [0.717, 1.165) is 18.7 Å². The van der Waals surface area contributed by atoms with Gasteiger partial charge < -0.3 is 15.1 Å². The van der Waals surface area contributed by atoms with E-state index in [1.54, 1.807) is 19.1 Å². The van der Waals surface area contributed by atoms with Crippen molar-refractivity contribution >= 4 is 5.69 Å². The number of phenolic OH excluding ortho intramolecular Hbond substituents is 1. The molecule has 0 saturated heterocycles. The van der Waals surface area contributed by atoms with E-state index in [1.165, 1.54) is 5.56 Å². The monoisotopic (exact) mass is 271 g/mol. The first-order valence-corrected chi connectivity index (χ1v) is 6.84. The lowest BCUT2D eigenvalue weighted by atomic mass is 10.1. The van der Waals surface area contributed by atoms with Crippen LogP contribution < -0.4 is 4.90 Å². The summed E-state index contributed by atoms with van der Waals surface area (Å²) in [4.78, 5) is 2.10. The fourth-order valence-corrected chi connectivity index (χ4v) is 2.19. The van der Waals surface area contributed by atoms with E-state index in [0.29, 0.717) is 5.56 Å². The van der Waals surface area contributed by atoms with E-state index in [-0.39, 0.29) is 5.75 Å². The number of phenols is 1. The van der Waals surface area contributed by atoms with Crippen molar-refractivity contribution in [2.75, 3.05) is 18.5 Å². The van der Waals surface area contributed by atoms with Crippen LogP contribution in [0.15, 0.2) is 48.5 Å². The van der Waals surface area contributed by atoms with Crippen LogP contribution in [0.3, 0.4) is 0 Å². The first-order valence-electron chi connectivity index (χ1n) is 6.84. The zero-order valence-electron chi connectivity index (χ0n) is 12.0. The number of hydrogen-bond acceptors (Lipinski definition) is 3. The van der Waals surface area contributed by atoms with Crippen LogP contribution in [-0.2, 0) is 6.42 Å². The molecule has 0 spiro atoms. The molecule has 3 heteroatoms. The van der Waals surface area contributed by atoms with Gasteiger partial charge in [0.25, 0.3) is 0 Å². The zero-order valence-corrected chi connectivity index (χ0v) is 12.0. The normalized spacial score (nSPS) is 12.2. The number of aromatic hydroxyl groups is 1. The highest BCUT2D eigenvalue weighted by molar-refractivity contribution is 5.53. The van der Waals surface area contributed by atoms with Gasteiger partial charge >= 0.3 is 0 Å². The van der Waals surface area contributed by atoms with Gasteiger partial charge in [-0.2, -0.15) is 0 Å². The summed E-state index contributed by atoms with van der Waals surface area (Å²) in [6.45, 7) is 2.52. The summed E-state index contributed by atoms with van der Waals surface area (Å²) in [5.74, 6) is 0.143. The van der Waals surface area contributed by atoms with Gasteiger partial charge in [-0.3, -0.25) is 0 Å². The van der Waals surface area contributed by atoms with Gasteiger partial charge in [0.15, 0.2) is 0 Å². The number of nitrogens with zero attached hydrogens (tertiary/aromatic N) is 1. The van der Waals surface area contributed by atoms with E-state index < -0.39 is 6.10 Å². The van der Waals surface area contributed by atoms with Gasteiger partial charge in [-0.1, -0.05) is 36.4 Å². The Bertz CT molecular complexity index is 552. The van der Waals surface area contributed by atoms with Gasteiger partial charge in [-0.05, 0) is 25.0 Å². The Labute approximate surface area is 120 Å². The van der Waals surface area contributed by atoms with Crippen LogP contribution in [0, 0.1) is 0 Å². The molecule has 0 heterocycles. The third kappa shape index (κ3) is 3.52. The van der Waals surface area contributed by atoms with Crippen LogP contribution in [0.1, 0.15) is 24.2 Å². The predicted octanol–water partition coefficient (Wildman–Crippen LogP) is 3.12. The number of anilines is 1. The molecule has 1 atom stereocenters. The Kier molecular flexibility index (Phi) is 4.64. The third-order valence-corrected chi connectivity index (χ3v) is 3.48. The molecule has 0 aliphatic carbocycles. The standard InChI is InChI=1S/C17H21NO2/c1-13(19)16-9-8-15(12-17(16)20)18(2)11-10-14-6-4-3-5-7-14/h3-9,12-13,19-20H,10-11H2,1-2H3. The van der Waals surface area contributed by atoms with Gasteiger partial charge in [0.1, 0.15) is 5.75 Å². The average Bonchev–Trinajstić information content (AvgIpc) is 2.45. The van der Waals surface area contributed by atoms with Gasteiger partial charge in [0, 0.05) is 30.9 Å². The molecule has 0 saturated carbocycles. The maximum atomic E-state index is 9.91. The Morgan fingerprint density at radius 1 is 1.10 bits per heavy atom. The number of rotatable bonds is 5. The minimum Gasteiger partial charge on any atom is -0.507 e. The van der Waals surface area contributed by atoms with E-state index in [1.807, 2.05) is 31.3 Å². The minimum absolute atomic E-state index is 0.143. The molecule has 0 aliphatic heterocycles. The largest absolute Gasteiger partial charge is 0.507 e. The average molecular weight is 271 g/mol. The Balaban J connectivity index is 2.02. The highest BCUT2D eigenvalue weighted by Crippen LogP contribution is 2.28. The smallest absolute Gasteiger partial charge is 0.123 e. The van der Waals surface area contributed by atoms with E-state index in [2.05, 4.69) is 17.0 Å². The Hall–Kier alpha value is -2.00. The molecule has 1 unspecified atom stereocenters. The first-order chi connectivity index (χ1) is 9.58. The topological polar surface area (TPSA) is 43.7 Å². The molecule has 2 N–H and O–H groups in total. The number of likely N-dealkylation sites (N-methyl/N-ethyl adjacent to an activating group) is 1. The van der Waals surface area contributed by atoms with Crippen LogP contribution in [-0.4, -0.2) is 23.8 Å². The van der Waals surface area contributed by atoms with Crippen LogP contribution in [0.5, 0.6) is 5.75 Å². The van der Waals surface area contributed by atoms with E-state index >= 15 is 0 Å². The zero-order chi connectivity index (χ0) is 14.5. The number of aliphatic hydroxyl groups excluding tert-OH is 1. The molecule has 2 aromatic rings. The second kappa shape index (κ2) is 6.44. The molecule has 0 bridgehead atoms. The predicted molar refractivity (Wildman–Crippen MR) is 82.2 cm³/mol. The van der Waals surface area contributed by atoms with Crippen LogP contribution >= 0.6 is 0 Å². The van der Waals surface area contributed by atoms with Crippen LogP contribution in [0.2, 0.25) is 0 Å². The van der Waals surface area contributed by atoms with Gasteiger partial charge in [-0.15, -0.1) is 0 Å². The highest BCUT2D eigenvalue weighted by atomic mass is 16.3. The first kappa shape index (κ1) is 14.4. The van der Waals surface area contributed by atoms with Crippen molar-refractivity contribution in [3.05, 3.63) is 59.7 Å². The number of benzene rings is 2. The van der Waals surface area contributed by atoms with Crippen molar-refractivity contribution in [1.29, 1.82) is 0 Å². The molecule has 2 aromatic carbocycles. The summed E-state index contributed by atoms with van der Waals surface area (Å²) < 4.78 is 0. The molecule has 0 fully saturated rings. The van der Waals surface area contributed by atoms with Crippen molar-refractivity contribution in [3.63, 3.8) is 0 Å². The second-order valence-corrected chi connectivity index (χ2v) is 5.08. The lowest BCUT2D eigenvalue weighted by molar-refractivity contribution is 0.195. The molecule has 106 valence electrons. The SMILES string of the molecule is CC(O)c1ccc(N(C)CCc2ccccc2)cc1O. The Morgan fingerprint density at radius 3 is 2.40 bits per heavy atom. The van der Waals surface area contributed by atoms with Gasteiger partial charge in [0.05, 0.1) is 6.10 Å². The molecule has 0 aromatic heterocycles. The summed E-state index contributed by atoms with van der Waals surface area (Å²) in [5.41, 5.74) is 2.80. The minimum atomic E-state index is -0.654. The molecular formula is C17H21NO2. The quantitative estimate of drug-likeness (QED) is 0.878. The van der Waals surface area contributed by atoms with Crippen molar-refractivity contribution in [2.45, 2.75) is 19.4 Å². The summed E-state index contributed by atoms with van der Waals surface area (Å²) >= 11 is 0.